The van der Waals surface area contributed by atoms with E-state index in [9.17, 15) is 4.79 Å². The number of carbonyl (C=O) groups is 1. The van der Waals surface area contributed by atoms with E-state index in [4.69, 9.17) is 10.3 Å². The number of nitrogens with two attached hydrogens (primary N) is 1. The summed E-state index contributed by atoms with van der Waals surface area (Å²) in [6.45, 7) is 3.27. The molecular weight excluding hydrogens is 222 g/mol. The third-order valence-electron chi connectivity index (χ3n) is 2.17. The zero-order chi connectivity index (χ0) is 12.5. The Bertz CT molecular complexity index is 339. The molecule has 1 aromatic heterocycles. The van der Waals surface area contributed by atoms with Crippen molar-refractivity contribution in [1.29, 1.82) is 0 Å². The Labute approximate surface area is 100 Å². The molecule has 0 aliphatic heterocycles. The molecule has 1 rings (SSSR count). The van der Waals surface area contributed by atoms with Crippen LogP contribution in [0.2, 0.25) is 0 Å². The van der Waals surface area contributed by atoms with Crippen molar-refractivity contribution in [2.75, 3.05) is 18.8 Å². The number of unbranched alkanes of at least 4 members (excludes halogenated alkanes) is 2. The smallest absolute Gasteiger partial charge is 0.314 e. The summed E-state index contributed by atoms with van der Waals surface area (Å²) < 4.78 is 4.80. The maximum Gasteiger partial charge on any atom is 0.314 e. The Morgan fingerprint density at radius 3 is 2.76 bits per heavy atom. The number of nitrogens with zero attached hydrogens (tertiary/aromatic N) is 2. The third kappa shape index (κ3) is 5.74. The largest absolute Gasteiger partial charge is 0.365 e. The number of nitrogens with one attached hydrogen (secondary N) is 2. The molecule has 0 saturated heterocycles. The Morgan fingerprint density at radius 2 is 2.12 bits per heavy atom. The van der Waals surface area contributed by atoms with Crippen LogP contribution < -0.4 is 16.4 Å². The molecule has 96 valence electrons. The summed E-state index contributed by atoms with van der Waals surface area (Å²) in [5, 5.41) is 8.91. The molecule has 7 heteroatoms. The van der Waals surface area contributed by atoms with Crippen LogP contribution >= 0.6 is 0 Å². The van der Waals surface area contributed by atoms with Gasteiger partial charge in [-0.1, -0.05) is 19.8 Å². The standard InChI is InChI=1S/C10H19N5O2/c1-2-3-4-6-12-10(16)13-7-5-8-14-9(11)15-17-8/h2-7H2,1H3,(H2,11,15)(H2,12,13,16). The molecule has 1 aromatic rings. The van der Waals surface area contributed by atoms with E-state index >= 15 is 0 Å². The molecule has 17 heavy (non-hydrogen) atoms. The fraction of sp³-hybridized carbons (Fsp3) is 0.700. The van der Waals surface area contributed by atoms with E-state index in [1.807, 2.05) is 0 Å². The first kappa shape index (κ1) is 13.3. The van der Waals surface area contributed by atoms with Crippen LogP contribution in [0.5, 0.6) is 0 Å². The second-order valence-corrected chi connectivity index (χ2v) is 3.69. The van der Waals surface area contributed by atoms with E-state index in [1.165, 1.54) is 0 Å². The van der Waals surface area contributed by atoms with Crippen LogP contribution in [-0.2, 0) is 6.42 Å². The number of carbonyl (C=O) groups excluding carboxylic acids is 1. The molecule has 0 saturated carbocycles. The van der Waals surface area contributed by atoms with Gasteiger partial charge in [-0.25, -0.2) is 4.79 Å². The van der Waals surface area contributed by atoms with Gasteiger partial charge in [-0.05, 0) is 11.6 Å². The molecule has 0 radical (unpaired) electrons. The van der Waals surface area contributed by atoms with E-state index < -0.39 is 0 Å². The lowest BCUT2D eigenvalue weighted by Crippen LogP contribution is -2.37. The van der Waals surface area contributed by atoms with Crippen LogP contribution in [0.3, 0.4) is 0 Å². The van der Waals surface area contributed by atoms with Crippen LogP contribution in [0.1, 0.15) is 32.1 Å². The van der Waals surface area contributed by atoms with Gasteiger partial charge in [-0.15, -0.1) is 0 Å². The molecule has 0 unspecified atom stereocenters. The van der Waals surface area contributed by atoms with E-state index in [0.29, 0.717) is 25.4 Å². The highest BCUT2D eigenvalue weighted by atomic mass is 16.5. The van der Waals surface area contributed by atoms with Crippen molar-refractivity contribution in [2.24, 2.45) is 0 Å². The highest BCUT2D eigenvalue weighted by Crippen LogP contribution is 1.97. The second kappa shape index (κ2) is 7.48. The maximum absolute atomic E-state index is 11.3. The quantitative estimate of drug-likeness (QED) is 0.609. The van der Waals surface area contributed by atoms with Gasteiger partial charge in [0.15, 0.2) is 0 Å². The molecule has 2 amide bonds. The molecule has 4 N–H and O–H groups in total. The van der Waals surface area contributed by atoms with Crippen molar-refractivity contribution in [1.82, 2.24) is 20.8 Å². The molecule has 7 nitrogen and oxygen atoms in total. The fourth-order valence-electron chi connectivity index (χ4n) is 1.29. The molecule has 0 spiro atoms. The molecule has 0 aliphatic carbocycles. The molecule has 0 aliphatic rings. The Balaban J connectivity index is 2.04. The molecule has 0 atom stereocenters. The third-order valence-corrected chi connectivity index (χ3v) is 2.17. The second-order valence-electron chi connectivity index (χ2n) is 3.69. The highest BCUT2D eigenvalue weighted by molar-refractivity contribution is 5.73. The van der Waals surface area contributed by atoms with Gasteiger partial charge < -0.3 is 20.9 Å². The zero-order valence-electron chi connectivity index (χ0n) is 10.0. The highest BCUT2D eigenvalue weighted by Gasteiger charge is 2.04. The zero-order valence-corrected chi connectivity index (χ0v) is 10.0. The first-order valence-electron chi connectivity index (χ1n) is 5.82. The van der Waals surface area contributed by atoms with Gasteiger partial charge in [0.2, 0.25) is 5.89 Å². The van der Waals surface area contributed by atoms with Gasteiger partial charge in [-0.3, -0.25) is 0 Å². The Kier molecular flexibility index (Phi) is 5.84. The van der Waals surface area contributed by atoms with E-state index in [-0.39, 0.29) is 12.0 Å². The lowest BCUT2D eigenvalue weighted by molar-refractivity contribution is 0.240. The summed E-state index contributed by atoms with van der Waals surface area (Å²) in [7, 11) is 0. The molecule has 1 heterocycles. The number of urea groups is 1. The minimum Gasteiger partial charge on any atom is -0.365 e. The molecular formula is C10H19N5O2. The summed E-state index contributed by atoms with van der Waals surface area (Å²) in [6.07, 6.45) is 3.75. The lowest BCUT2D eigenvalue weighted by Gasteiger charge is -2.05. The van der Waals surface area contributed by atoms with E-state index in [1.54, 1.807) is 0 Å². The Morgan fingerprint density at radius 1 is 1.35 bits per heavy atom. The van der Waals surface area contributed by atoms with Crippen LogP contribution in [0.25, 0.3) is 0 Å². The van der Waals surface area contributed by atoms with Gasteiger partial charge >= 0.3 is 6.03 Å². The van der Waals surface area contributed by atoms with Crippen molar-refractivity contribution in [3.63, 3.8) is 0 Å². The van der Waals surface area contributed by atoms with Gasteiger partial charge in [0, 0.05) is 19.5 Å². The SMILES string of the molecule is CCCCCNC(=O)NCCc1nc(N)no1. The topological polar surface area (TPSA) is 106 Å². The fourth-order valence-corrected chi connectivity index (χ4v) is 1.29. The summed E-state index contributed by atoms with van der Waals surface area (Å²) in [4.78, 5) is 15.1. The summed E-state index contributed by atoms with van der Waals surface area (Å²) in [5.41, 5.74) is 5.29. The van der Waals surface area contributed by atoms with Gasteiger partial charge in [0.1, 0.15) is 0 Å². The van der Waals surface area contributed by atoms with Gasteiger partial charge in [0.25, 0.3) is 5.95 Å². The number of amides is 2. The first-order valence-corrected chi connectivity index (χ1v) is 5.82. The maximum atomic E-state index is 11.3. The van der Waals surface area contributed by atoms with Crippen molar-refractivity contribution >= 4 is 12.0 Å². The average molecular weight is 241 g/mol. The molecule has 0 aromatic carbocycles. The summed E-state index contributed by atoms with van der Waals surface area (Å²) in [6, 6.07) is -0.173. The minimum absolute atomic E-state index is 0.115. The monoisotopic (exact) mass is 241 g/mol. The minimum atomic E-state index is -0.173. The predicted molar refractivity (Wildman–Crippen MR) is 63.3 cm³/mol. The number of hydrogen-bond acceptors (Lipinski definition) is 5. The van der Waals surface area contributed by atoms with Gasteiger partial charge in [0.05, 0.1) is 0 Å². The van der Waals surface area contributed by atoms with Crippen molar-refractivity contribution in [2.45, 2.75) is 32.6 Å². The number of nitrogen functional groups attached to an aromatic ring is 1. The van der Waals surface area contributed by atoms with Crippen molar-refractivity contribution in [3.05, 3.63) is 5.89 Å². The van der Waals surface area contributed by atoms with Crippen molar-refractivity contribution in [3.8, 4) is 0 Å². The summed E-state index contributed by atoms with van der Waals surface area (Å²) in [5.74, 6) is 0.540. The van der Waals surface area contributed by atoms with Crippen LogP contribution in [0.4, 0.5) is 10.7 Å². The molecule has 0 bridgehead atoms. The normalized spacial score (nSPS) is 10.2. The average Bonchev–Trinajstić information content (AvgIpc) is 2.71. The predicted octanol–water partition coefficient (Wildman–Crippen LogP) is 0.684. The molecule has 0 fully saturated rings. The van der Waals surface area contributed by atoms with Crippen LogP contribution in [0, 0.1) is 0 Å². The van der Waals surface area contributed by atoms with Gasteiger partial charge in [-0.2, -0.15) is 4.98 Å². The number of aromatic nitrogens is 2. The van der Waals surface area contributed by atoms with Crippen molar-refractivity contribution < 1.29 is 9.32 Å². The number of anilines is 1. The van der Waals surface area contributed by atoms with E-state index in [0.717, 1.165) is 19.3 Å². The van der Waals surface area contributed by atoms with Crippen LogP contribution in [0.15, 0.2) is 4.52 Å². The number of rotatable bonds is 7. The summed E-state index contributed by atoms with van der Waals surface area (Å²) >= 11 is 0. The number of hydrogen-bond donors (Lipinski definition) is 3. The Hall–Kier alpha value is -1.79. The van der Waals surface area contributed by atoms with E-state index in [2.05, 4.69) is 27.7 Å². The van der Waals surface area contributed by atoms with Crippen LogP contribution in [-0.4, -0.2) is 29.3 Å². The lowest BCUT2D eigenvalue weighted by atomic mass is 10.2. The first-order chi connectivity index (χ1) is 8.22.